The predicted octanol–water partition coefficient (Wildman–Crippen LogP) is 16.9. The van der Waals surface area contributed by atoms with Gasteiger partial charge in [-0.1, -0.05) is 188 Å². The quantitative estimate of drug-likeness (QED) is 0.148. The predicted molar refractivity (Wildman–Crippen MR) is 273 cm³/mol. The third kappa shape index (κ3) is 6.67. The Morgan fingerprint density at radius 2 is 1.12 bits per heavy atom. The van der Waals surface area contributed by atoms with E-state index < -0.39 is 0 Å². The van der Waals surface area contributed by atoms with Gasteiger partial charge in [-0.2, -0.15) is 0 Å². The molecule has 64 heavy (non-hydrogen) atoms. The van der Waals surface area contributed by atoms with Crippen LogP contribution in [-0.2, 0) is 0 Å². The number of hydrogen-bond donors (Lipinski definition) is 0. The van der Waals surface area contributed by atoms with Crippen molar-refractivity contribution in [1.82, 2.24) is 4.57 Å². The Morgan fingerprint density at radius 3 is 1.89 bits per heavy atom. The normalized spacial score (nSPS) is 16.1. The number of benzene rings is 9. The molecule has 0 saturated carbocycles. The van der Waals surface area contributed by atoms with Gasteiger partial charge in [0.05, 0.1) is 11.7 Å². The van der Waals surface area contributed by atoms with Crippen LogP contribution in [-0.4, -0.2) is 4.57 Å². The Bertz CT molecular complexity index is 3450. The molecule has 0 saturated heterocycles. The summed E-state index contributed by atoms with van der Waals surface area (Å²) in [6.45, 7) is 0. The average molecular weight is 819 g/mol. The highest BCUT2D eigenvalue weighted by Gasteiger charge is 2.26. The van der Waals surface area contributed by atoms with Gasteiger partial charge in [0.2, 0.25) is 0 Å². The van der Waals surface area contributed by atoms with Crippen LogP contribution in [0.15, 0.2) is 243 Å². The number of nitrogens with zero attached hydrogens (tertiary/aromatic N) is 2. The number of aromatic nitrogens is 1. The van der Waals surface area contributed by atoms with Gasteiger partial charge in [0, 0.05) is 44.7 Å². The van der Waals surface area contributed by atoms with Crippen LogP contribution in [0.2, 0.25) is 0 Å². The van der Waals surface area contributed by atoms with Crippen LogP contribution in [0, 0.1) is 0 Å². The maximum atomic E-state index is 2.57. The van der Waals surface area contributed by atoms with Crippen molar-refractivity contribution in [2.45, 2.75) is 24.8 Å². The van der Waals surface area contributed by atoms with Crippen LogP contribution < -0.4 is 4.90 Å². The number of rotatable bonds is 8. The standard InChI is InChI=1S/C62H46N2/c1-2-19-51(20-3-1)63(52-38-35-45(36-39-52)44-29-32-47(33-30-44)54-25-14-18-46-16-6-7-21-53(46)54)62-40-37-50(42-58(62)49-34-31-43-15-4-5-17-48(43)41-49)55-22-8-11-26-59(55)64-60-27-12-9-23-56(60)57-24-10-13-28-61(57)64/h1-25,27-29,31-42,44,59H,26,30H2. The summed E-state index contributed by atoms with van der Waals surface area (Å²) < 4.78 is 2.57. The highest BCUT2D eigenvalue weighted by Crippen LogP contribution is 2.46. The van der Waals surface area contributed by atoms with Crippen molar-refractivity contribution in [3.8, 4) is 11.1 Å². The number of hydrogen-bond acceptors (Lipinski definition) is 1. The smallest absolute Gasteiger partial charge is 0.0632 e. The van der Waals surface area contributed by atoms with E-state index in [4.69, 9.17) is 0 Å². The van der Waals surface area contributed by atoms with Gasteiger partial charge in [-0.05, 0) is 122 Å². The molecular weight excluding hydrogens is 773 g/mol. The van der Waals surface area contributed by atoms with E-state index in [-0.39, 0.29) is 6.04 Å². The molecule has 2 nitrogen and oxygen atoms in total. The summed E-state index contributed by atoms with van der Waals surface area (Å²) in [5, 5.41) is 7.64. The summed E-state index contributed by atoms with van der Waals surface area (Å²) in [6, 6.07) is 76.0. The molecule has 0 fully saturated rings. The van der Waals surface area contributed by atoms with E-state index in [9.17, 15) is 0 Å². The van der Waals surface area contributed by atoms with Crippen molar-refractivity contribution in [2.24, 2.45) is 0 Å². The summed E-state index contributed by atoms with van der Waals surface area (Å²) in [7, 11) is 0. The molecule has 1 heterocycles. The van der Waals surface area contributed by atoms with Gasteiger partial charge in [0.25, 0.3) is 0 Å². The molecule has 2 aliphatic carbocycles. The molecule has 12 rings (SSSR count). The van der Waals surface area contributed by atoms with Crippen LogP contribution in [0.4, 0.5) is 17.1 Å². The van der Waals surface area contributed by atoms with Gasteiger partial charge in [0.1, 0.15) is 0 Å². The van der Waals surface area contributed by atoms with Crippen molar-refractivity contribution in [2.75, 3.05) is 4.90 Å². The Labute approximate surface area is 374 Å². The Morgan fingerprint density at radius 1 is 0.469 bits per heavy atom. The first-order valence-corrected chi connectivity index (χ1v) is 22.5. The van der Waals surface area contributed by atoms with E-state index in [1.807, 2.05) is 0 Å². The zero-order valence-electron chi connectivity index (χ0n) is 35.6. The Hall–Kier alpha value is -7.94. The maximum Gasteiger partial charge on any atom is 0.0632 e. The summed E-state index contributed by atoms with van der Waals surface area (Å²) in [6.07, 6.45) is 15.9. The molecule has 0 spiro atoms. The van der Waals surface area contributed by atoms with E-state index in [1.54, 1.807) is 0 Å². The largest absolute Gasteiger partial charge is 0.332 e. The van der Waals surface area contributed by atoms with Crippen LogP contribution in [0.3, 0.4) is 0 Å². The van der Waals surface area contributed by atoms with Gasteiger partial charge in [-0.25, -0.2) is 0 Å². The van der Waals surface area contributed by atoms with Crippen molar-refractivity contribution >= 4 is 71.6 Å². The molecule has 0 radical (unpaired) electrons. The van der Waals surface area contributed by atoms with Crippen molar-refractivity contribution in [3.05, 3.63) is 259 Å². The fourth-order valence-corrected chi connectivity index (χ4v) is 10.4. The van der Waals surface area contributed by atoms with E-state index in [2.05, 4.69) is 252 Å². The zero-order chi connectivity index (χ0) is 42.4. The molecule has 2 aliphatic rings. The topological polar surface area (TPSA) is 8.17 Å². The average Bonchev–Trinajstić information content (AvgIpc) is 3.71. The molecule has 9 aromatic carbocycles. The van der Waals surface area contributed by atoms with E-state index in [0.717, 1.165) is 29.9 Å². The van der Waals surface area contributed by atoms with E-state index >= 15 is 0 Å². The van der Waals surface area contributed by atoms with Crippen molar-refractivity contribution < 1.29 is 0 Å². The summed E-state index contributed by atoms with van der Waals surface area (Å²) in [4.78, 5) is 2.44. The zero-order valence-corrected chi connectivity index (χ0v) is 35.6. The third-order valence-electron chi connectivity index (χ3n) is 13.5. The monoisotopic (exact) mass is 818 g/mol. The van der Waals surface area contributed by atoms with Gasteiger partial charge in [-0.3, -0.25) is 0 Å². The van der Waals surface area contributed by atoms with Gasteiger partial charge in [0.15, 0.2) is 0 Å². The van der Waals surface area contributed by atoms with Crippen molar-refractivity contribution in [3.63, 3.8) is 0 Å². The first-order valence-electron chi connectivity index (χ1n) is 22.5. The van der Waals surface area contributed by atoms with Gasteiger partial charge < -0.3 is 9.47 Å². The van der Waals surface area contributed by atoms with E-state index in [0.29, 0.717) is 5.92 Å². The van der Waals surface area contributed by atoms with Gasteiger partial charge >= 0.3 is 0 Å². The molecule has 0 amide bonds. The molecule has 1 aromatic heterocycles. The Balaban J connectivity index is 0.954. The first-order chi connectivity index (χ1) is 31.7. The molecule has 10 aromatic rings. The van der Waals surface area contributed by atoms with Crippen LogP contribution in [0.25, 0.3) is 65.6 Å². The molecule has 2 heteroatoms. The van der Waals surface area contributed by atoms with E-state index in [1.165, 1.54) is 82.3 Å². The molecule has 2 atom stereocenters. The summed E-state index contributed by atoms with van der Waals surface area (Å²) >= 11 is 0. The second kappa shape index (κ2) is 16.1. The summed E-state index contributed by atoms with van der Waals surface area (Å²) in [5.74, 6) is 0.311. The number of fused-ring (bicyclic) bond motifs is 5. The fourth-order valence-electron chi connectivity index (χ4n) is 10.4. The molecule has 0 bridgehead atoms. The number of para-hydroxylation sites is 3. The highest BCUT2D eigenvalue weighted by atomic mass is 15.1. The highest BCUT2D eigenvalue weighted by molar-refractivity contribution is 6.08. The first kappa shape index (κ1) is 37.8. The van der Waals surface area contributed by atoms with Crippen LogP contribution in [0.1, 0.15) is 41.5 Å². The van der Waals surface area contributed by atoms with Gasteiger partial charge in [-0.15, -0.1) is 0 Å². The molecular formula is C62H46N2. The minimum atomic E-state index is 0.134. The number of allylic oxidation sites excluding steroid dienone is 8. The number of anilines is 3. The molecule has 2 unspecified atom stereocenters. The molecule has 0 N–H and O–H groups in total. The third-order valence-corrected chi connectivity index (χ3v) is 13.5. The van der Waals surface area contributed by atoms with Crippen molar-refractivity contribution in [1.29, 1.82) is 0 Å². The summed E-state index contributed by atoms with van der Waals surface area (Å²) in [5.41, 5.74) is 14.8. The maximum absolute atomic E-state index is 2.57. The lowest BCUT2D eigenvalue weighted by Gasteiger charge is -2.30. The lowest BCUT2D eigenvalue weighted by atomic mass is 9.87. The lowest BCUT2D eigenvalue weighted by molar-refractivity contribution is 0.665. The minimum Gasteiger partial charge on any atom is -0.332 e. The second-order valence-corrected chi connectivity index (χ2v) is 17.1. The fraction of sp³-hybridized carbons (Fsp3) is 0.0645. The molecule has 0 aliphatic heterocycles. The second-order valence-electron chi connectivity index (χ2n) is 17.1. The SMILES string of the molecule is C1=CCC(n2c3ccccc3c3ccccc32)C(c2ccc(N(c3ccccc3)c3ccc(C4C=CC(c5cccc6ccccc56)=CC4)cc3)c(-c3ccc4ccccc4c3)c2)=C1. The molecule has 304 valence electrons. The van der Waals surface area contributed by atoms with Crippen LogP contribution >= 0.6 is 0 Å². The van der Waals surface area contributed by atoms with Crippen LogP contribution in [0.5, 0.6) is 0 Å². The Kier molecular flexibility index (Phi) is 9.49. The lowest BCUT2D eigenvalue weighted by Crippen LogP contribution is -2.14. The minimum absolute atomic E-state index is 0.134.